The second kappa shape index (κ2) is 8.21. The van der Waals surface area contributed by atoms with E-state index < -0.39 is 22.5 Å². The van der Waals surface area contributed by atoms with Crippen molar-refractivity contribution in [3.63, 3.8) is 0 Å². The molecule has 0 atom stereocenters. The van der Waals surface area contributed by atoms with E-state index in [0.717, 1.165) is 15.6 Å². The summed E-state index contributed by atoms with van der Waals surface area (Å²) in [5, 5.41) is 1.65. The van der Waals surface area contributed by atoms with Crippen LogP contribution in [-0.4, -0.2) is 41.8 Å². The van der Waals surface area contributed by atoms with Crippen molar-refractivity contribution in [1.29, 1.82) is 0 Å². The average molecular weight is 385 g/mol. The van der Waals surface area contributed by atoms with Gasteiger partial charge in [-0.3, -0.25) is 9.10 Å². The molecule has 0 aliphatic carbocycles. The van der Waals surface area contributed by atoms with Crippen LogP contribution < -0.4 is 13.8 Å². The molecule has 0 amide bonds. The van der Waals surface area contributed by atoms with Gasteiger partial charge in [-0.15, -0.1) is 11.3 Å². The van der Waals surface area contributed by atoms with E-state index >= 15 is 0 Å². The third-order valence-electron chi connectivity index (χ3n) is 3.27. The van der Waals surface area contributed by atoms with Crippen LogP contribution >= 0.6 is 11.3 Å². The van der Waals surface area contributed by atoms with Crippen LogP contribution in [0.25, 0.3) is 0 Å². The first-order chi connectivity index (χ1) is 11.9. The van der Waals surface area contributed by atoms with E-state index in [4.69, 9.17) is 14.2 Å². The number of carbonyl (C=O) groups excluding carboxylic acids is 1. The zero-order valence-electron chi connectivity index (χ0n) is 14.1. The second-order valence-corrected chi connectivity index (χ2v) is 7.82. The summed E-state index contributed by atoms with van der Waals surface area (Å²) in [6, 6.07) is 7.79. The quantitative estimate of drug-likeness (QED) is 0.650. The molecule has 0 fully saturated rings. The van der Waals surface area contributed by atoms with Crippen LogP contribution in [0.2, 0.25) is 0 Å². The van der Waals surface area contributed by atoms with Crippen molar-refractivity contribution in [2.45, 2.75) is 11.1 Å². The maximum Gasteiger partial charge on any atom is 0.326 e. The third-order valence-corrected chi connectivity index (χ3v) is 6.41. The predicted molar refractivity (Wildman–Crippen MR) is 95.0 cm³/mol. The summed E-state index contributed by atoms with van der Waals surface area (Å²) in [6.07, 6.45) is 0. The summed E-state index contributed by atoms with van der Waals surface area (Å²) in [7, 11) is -1.04. The summed E-state index contributed by atoms with van der Waals surface area (Å²) < 4.78 is 42.4. The number of hydrogen-bond acceptors (Lipinski definition) is 7. The Hall–Kier alpha value is -2.26. The van der Waals surface area contributed by atoms with Crippen molar-refractivity contribution < 1.29 is 27.4 Å². The first-order valence-electron chi connectivity index (χ1n) is 7.38. The number of benzene rings is 1. The highest BCUT2D eigenvalue weighted by atomic mass is 32.2. The maximum absolute atomic E-state index is 13.0. The van der Waals surface area contributed by atoms with Crippen molar-refractivity contribution in [2.24, 2.45) is 0 Å². The van der Waals surface area contributed by atoms with Gasteiger partial charge in [0.2, 0.25) is 0 Å². The first kappa shape index (κ1) is 19.1. The topological polar surface area (TPSA) is 82.1 Å². The minimum absolute atomic E-state index is 0.120. The third kappa shape index (κ3) is 4.23. The van der Waals surface area contributed by atoms with Crippen LogP contribution in [0.15, 0.2) is 39.9 Å². The van der Waals surface area contributed by atoms with Gasteiger partial charge in [-0.1, -0.05) is 6.07 Å². The zero-order valence-corrected chi connectivity index (χ0v) is 15.7. The lowest BCUT2D eigenvalue weighted by molar-refractivity contribution is -0.141. The Morgan fingerprint density at radius 1 is 1.20 bits per heavy atom. The number of esters is 1. The molecule has 0 aliphatic heterocycles. The van der Waals surface area contributed by atoms with Crippen molar-refractivity contribution in [2.75, 3.05) is 31.7 Å². The van der Waals surface area contributed by atoms with E-state index in [1.165, 1.54) is 26.4 Å². The van der Waals surface area contributed by atoms with E-state index in [2.05, 4.69) is 0 Å². The lowest BCUT2D eigenvalue weighted by Gasteiger charge is -2.24. The van der Waals surface area contributed by atoms with Crippen LogP contribution in [-0.2, 0) is 19.6 Å². The standard InChI is InChI=1S/C16H19NO6S2/c1-4-23-15(18)11-17(25(19,20)16-6-5-9-24-16)13-8-7-12(21-2)10-14(13)22-3/h5-10H,4,11H2,1-3H3. The van der Waals surface area contributed by atoms with E-state index in [0.29, 0.717) is 5.75 Å². The minimum Gasteiger partial charge on any atom is -0.497 e. The normalized spacial score (nSPS) is 11.0. The summed E-state index contributed by atoms with van der Waals surface area (Å²) in [5.41, 5.74) is 0.227. The summed E-state index contributed by atoms with van der Waals surface area (Å²) in [6.45, 7) is 1.35. The number of hydrogen-bond donors (Lipinski definition) is 0. The lowest BCUT2D eigenvalue weighted by Crippen LogP contribution is -2.36. The van der Waals surface area contributed by atoms with E-state index in [1.54, 1.807) is 30.5 Å². The van der Waals surface area contributed by atoms with Gasteiger partial charge in [0, 0.05) is 6.07 Å². The largest absolute Gasteiger partial charge is 0.497 e. The Morgan fingerprint density at radius 3 is 2.52 bits per heavy atom. The number of thiophene rings is 1. The molecule has 0 radical (unpaired) electrons. The fourth-order valence-electron chi connectivity index (χ4n) is 2.13. The molecule has 0 N–H and O–H groups in total. The molecule has 9 heteroatoms. The fraction of sp³-hybridized carbons (Fsp3) is 0.312. The van der Waals surface area contributed by atoms with Crippen LogP contribution in [0.4, 0.5) is 5.69 Å². The van der Waals surface area contributed by atoms with Gasteiger partial charge in [-0.25, -0.2) is 8.42 Å². The van der Waals surface area contributed by atoms with Crippen molar-refractivity contribution in [1.82, 2.24) is 0 Å². The van der Waals surface area contributed by atoms with Gasteiger partial charge in [-0.05, 0) is 30.5 Å². The molecule has 1 aromatic heterocycles. The Balaban J connectivity index is 2.54. The Kier molecular flexibility index (Phi) is 6.27. The fourth-order valence-corrected chi connectivity index (χ4v) is 4.66. The highest BCUT2D eigenvalue weighted by molar-refractivity contribution is 7.94. The number of methoxy groups -OCH3 is 2. The van der Waals surface area contributed by atoms with Gasteiger partial charge < -0.3 is 14.2 Å². The zero-order chi connectivity index (χ0) is 18.4. The molecular weight excluding hydrogens is 366 g/mol. The molecule has 1 heterocycles. The number of nitrogens with zero attached hydrogens (tertiary/aromatic N) is 1. The van der Waals surface area contributed by atoms with Gasteiger partial charge in [-0.2, -0.15) is 0 Å². The SMILES string of the molecule is CCOC(=O)CN(c1ccc(OC)cc1OC)S(=O)(=O)c1cccs1. The van der Waals surface area contributed by atoms with Crippen molar-refractivity contribution in [3.8, 4) is 11.5 Å². The van der Waals surface area contributed by atoms with Crippen LogP contribution in [0.1, 0.15) is 6.92 Å². The Bertz CT molecular complexity index is 817. The molecule has 25 heavy (non-hydrogen) atoms. The van der Waals surface area contributed by atoms with Gasteiger partial charge in [0.25, 0.3) is 10.0 Å². The highest BCUT2D eigenvalue weighted by Gasteiger charge is 2.30. The van der Waals surface area contributed by atoms with Crippen LogP contribution in [0.3, 0.4) is 0 Å². The first-order valence-corrected chi connectivity index (χ1v) is 9.70. The van der Waals surface area contributed by atoms with Crippen LogP contribution in [0, 0.1) is 0 Å². The maximum atomic E-state index is 13.0. The van der Waals surface area contributed by atoms with E-state index in [-0.39, 0.29) is 22.3 Å². The highest BCUT2D eigenvalue weighted by Crippen LogP contribution is 2.36. The van der Waals surface area contributed by atoms with Gasteiger partial charge in [0.1, 0.15) is 22.3 Å². The average Bonchev–Trinajstić information content (AvgIpc) is 3.15. The second-order valence-electron chi connectivity index (χ2n) is 4.79. The van der Waals surface area contributed by atoms with Crippen molar-refractivity contribution in [3.05, 3.63) is 35.7 Å². The number of carbonyl (C=O) groups is 1. The van der Waals surface area contributed by atoms with Crippen molar-refractivity contribution >= 4 is 33.0 Å². The number of sulfonamides is 1. The molecule has 136 valence electrons. The Morgan fingerprint density at radius 2 is 1.96 bits per heavy atom. The van der Waals surface area contributed by atoms with E-state index in [9.17, 15) is 13.2 Å². The molecule has 7 nitrogen and oxygen atoms in total. The molecule has 0 bridgehead atoms. The van der Waals surface area contributed by atoms with E-state index in [1.807, 2.05) is 0 Å². The molecule has 0 aliphatic rings. The van der Waals surface area contributed by atoms with Gasteiger partial charge in [0.15, 0.2) is 0 Å². The molecule has 0 spiro atoms. The van der Waals surface area contributed by atoms with Gasteiger partial charge in [0.05, 0.1) is 26.5 Å². The number of anilines is 1. The molecular formula is C16H19NO6S2. The number of rotatable bonds is 8. The molecule has 0 saturated carbocycles. The molecule has 2 aromatic rings. The summed E-state index contributed by atoms with van der Waals surface area (Å²) in [5.74, 6) is 0.120. The molecule has 0 unspecified atom stereocenters. The lowest BCUT2D eigenvalue weighted by atomic mass is 10.2. The minimum atomic E-state index is -3.95. The number of ether oxygens (including phenoxy) is 3. The summed E-state index contributed by atoms with van der Waals surface area (Å²) in [4.78, 5) is 12.0. The van der Waals surface area contributed by atoms with Gasteiger partial charge >= 0.3 is 5.97 Å². The molecule has 2 rings (SSSR count). The predicted octanol–water partition coefficient (Wildman–Crippen LogP) is 2.52. The Labute approximate surface area is 150 Å². The smallest absolute Gasteiger partial charge is 0.326 e. The monoisotopic (exact) mass is 385 g/mol. The van der Waals surface area contributed by atoms with Crippen LogP contribution in [0.5, 0.6) is 11.5 Å². The molecule has 0 saturated heterocycles. The molecule has 1 aromatic carbocycles. The summed E-state index contributed by atoms with van der Waals surface area (Å²) >= 11 is 1.07.